The van der Waals surface area contributed by atoms with Crippen LogP contribution >= 0.6 is 0 Å². The van der Waals surface area contributed by atoms with Crippen molar-refractivity contribution in [1.82, 2.24) is 19.1 Å². The summed E-state index contributed by atoms with van der Waals surface area (Å²) in [6, 6.07) is 15.9. The number of nitrogens with zero attached hydrogens (tertiary/aromatic N) is 4. The molecule has 0 fully saturated rings. The van der Waals surface area contributed by atoms with Crippen molar-refractivity contribution in [3.8, 4) is 45.4 Å². The average molecular weight is 731 g/mol. The van der Waals surface area contributed by atoms with Crippen molar-refractivity contribution < 1.29 is 28.5 Å². The van der Waals surface area contributed by atoms with Crippen molar-refractivity contribution in [2.24, 2.45) is 0 Å². The fourth-order valence-corrected chi connectivity index (χ4v) is 7.23. The first-order chi connectivity index (χ1) is 25.2. The van der Waals surface area contributed by atoms with Crippen molar-refractivity contribution in [2.75, 3.05) is 14.2 Å². The Hall–Kier alpha value is -5.64. The molecule has 2 heterocycles. The standard InChI is InChI=1S/C44H50N4O6/c1-23-15-31(35-25(3)19-29(51-13)20-26(35)4)37-33(17-23)47(41(49)53-43(7,8)9)39(45-37)40-46-38-32(36-27(5)21-30(52-14)22-28(36)6)16-24(2)18-34(38)48(40)42(50)54-44(10,11)12/h15-22H,1-14H3. The number of hydrogen-bond acceptors (Lipinski definition) is 8. The molecule has 0 saturated heterocycles. The summed E-state index contributed by atoms with van der Waals surface area (Å²) >= 11 is 0. The van der Waals surface area contributed by atoms with Crippen LogP contribution in [0.15, 0.2) is 48.5 Å². The van der Waals surface area contributed by atoms with Crippen LogP contribution in [0, 0.1) is 41.5 Å². The molecule has 54 heavy (non-hydrogen) atoms. The number of hydrogen-bond donors (Lipinski definition) is 0. The first-order valence-electron chi connectivity index (χ1n) is 18.1. The van der Waals surface area contributed by atoms with Gasteiger partial charge in [-0.15, -0.1) is 0 Å². The highest BCUT2D eigenvalue weighted by Gasteiger charge is 2.33. The molecule has 0 atom stereocenters. The van der Waals surface area contributed by atoms with Crippen LogP contribution in [0.3, 0.4) is 0 Å². The number of ether oxygens (including phenoxy) is 4. The summed E-state index contributed by atoms with van der Waals surface area (Å²) in [5.74, 6) is 1.78. The SMILES string of the molecule is COc1cc(C)c(-c2cc(C)cc3c2nc(-c2nc4c(-c5c(C)cc(OC)cc5C)cc(C)cc4n2C(=O)OC(C)(C)C)n3C(=O)OC(C)(C)C)c(C)c1. The number of imidazole rings is 2. The zero-order valence-electron chi connectivity index (χ0n) is 33.9. The molecule has 6 rings (SSSR count). The van der Waals surface area contributed by atoms with Gasteiger partial charge < -0.3 is 18.9 Å². The summed E-state index contributed by atoms with van der Waals surface area (Å²) < 4.78 is 26.1. The lowest BCUT2D eigenvalue weighted by Gasteiger charge is -2.22. The van der Waals surface area contributed by atoms with E-state index in [9.17, 15) is 9.59 Å². The third kappa shape index (κ3) is 7.05. The summed E-state index contributed by atoms with van der Waals surface area (Å²) in [6.45, 7) is 23.0. The minimum absolute atomic E-state index is 0.142. The van der Waals surface area contributed by atoms with Crippen LogP contribution in [0.2, 0.25) is 0 Å². The van der Waals surface area contributed by atoms with Crippen molar-refractivity contribution in [2.45, 2.75) is 94.3 Å². The third-order valence-electron chi connectivity index (χ3n) is 9.18. The molecule has 10 heteroatoms. The maximum Gasteiger partial charge on any atom is 0.420 e. The third-order valence-corrected chi connectivity index (χ3v) is 9.18. The monoisotopic (exact) mass is 730 g/mol. The second-order valence-corrected chi connectivity index (χ2v) is 16.1. The van der Waals surface area contributed by atoms with Crippen LogP contribution in [0.25, 0.3) is 56.0 Å². The van der Waals surface area contributed by atoms with Gasteiger partial charge in [-0.05, 0) is 176 Å². The highest BCUT2D eigenvalue weighted by Crippen LogP contribution is 2.41. The molecule has 0 amide bonds. The van der Waals surface area contributed by atoms with Crippen LogP contribution in [-0.2, 0) is 9.47 Å². The summed E-state index contributed by atoms with van der Waals surface area (Å²) in [5.41, 5.74) is 9.82. The number of rotatable bonds is 5. The molecule has 0 radical (unpaired) electrons. The van der Waals surface area contributed by atoms with Gasteiger partial charge in [-0.2, -0.15) is 0 Å². The van der Waals surface area contributed by atoms with Gasteiger partial charge in [0, 0.05) is 11.1 Å². The second-order valence-electron chi connectivity index (χ2n) is 16.1. The number of aryl methyl sites for hydroxylation is 6. The molecule has 0 bridgehead atoms. The molecule has 10 nitrogen and oxygen atoms in total. The number of carbonyl (C=O) groups is 2. The molecule has 6 aromatic rings. The van der Waals surface area contributed by atoms with E-state index in [1.165, 1.54) is 9.13 Å². The summed E-state index contributed by atoms with van der Waals surface area (Å²) in [6.07, 6.45) is -1.30. The molecule has 0 aliphatic carbocycles. The van der Waals surface area contributed by atoms with Crippen LogP contribution in [-0.4, -0.2) is 56.7 Å². The molecular weight excluding hydrogens is 681 g/mol. The number of carbonyl (C=O) groups excluding carboxylic acids is 2. The van der Waals surface area contributed by atoms with Gasteiger partial charge in [0.25, 0.3) is 0 Å². The van der Waals surface area contributed by atoms with Crippen LogP contribution in [0.4, 0.5) is 9.59 Å². The predicted molar refractivity (Wildman–Crippen MR) is 214 cm³/mol. The normalized spacial score (nSPS) is 12.0. The molecule has 4 aromatic carbocycles. The van der Waals surface area contributed by atoms with E-state index in [1.54, 1.807) is 14.2 Å². The summed E-state index contributed by atoms with van der Waals surface area (Å²) in [5, 5.41) is 0. The Morgan fingerprint density at radius 2 is 0.833 bits per heavy atom. The Labute approximate surface area is 317 Å². The molecule has 0 N–H and O–H groups in total. The highest BCUT2D eigenvalue weighted by molar-refractivity contribution is 6.04. The molecule has 0 aliphatic rings. The van der Waals surface area contributed by atoms with Crippen molar-refractivity contribution in [3.05, 3.63) is 81.9 Å². The quantitative estimate of drug-likeness (QED) is 0.173. The van der Waals surface area contributed by atoms with Crippen molar-refractivity contribution in [3.63, 3.8) is 0 Å². The molecular formula is C44H50N4O6. The minimum Gasteiger partial charge on any atom is -0.497 e. The first-order valence-corrected chi connectivity index (χ1v) is 18.1. The average Bonchev–Trinajstić information content (AvgIpc) is 3.61. The smallest absolute Gasteiger partial charge is 0.420 e. The summed E-state index contributed by atoms with van der Waals surface area (Å²) in [4.78, 5) is 39.3. The Bertz CT molecular complexity index is 2270. The molecule has 0 unspecified atom stereocenters. The van der Waals surface area contributed by atoms with E-state index >= 15 is 0 Å². The van der Waals surface area contributed by atoms with Gasteiger partial charge >= 0.3 is 12.2 Å². The van der Waals surface area contributed by atoms with Crippen LogP contribution in [0.5, 0.6) is 11.5 Å². The molecule has 0 aliphatic heterocycles. The second kappa shape index (κ2) is 13.6. The van der Waals surface area contributed by atoms with E-state index in [4.69, 9.17) is 28.9 Å². The van der Waals surface area contributed by atoms with Gasteiger partial charge in [-0.25, -0.2) is 28.7 Å². The maximum absolute atomic E-state index is 14.4. The van der Waals surface area contributed by atoms with Gasteiger partial charge in [0.2, 0.25) is 0 Å². The largest absolute Gasteiger partial charge is 0.497 e. The lowest BCUT2D eigenvalue weighted by atomic mass is 9.93. The number of fused-ring (bicyclic) bond motifs is 2. The Morgan fingerprint density at radius 1 is 0.519 bits per heavy atom. The lowest BCUT2D eigenvalue weighted by molar-refractivity contribution is 0.0526. The van der Waals surface area contributed by atoms with Crippen LogP contribution < -0.4 is 9.47 Å². The van der Waals surface area contributed by atoms with Gasteiger partial charge in [0.15, 0.2) is 11.6 Å². The van der Waals surface area contributed by atoms with Gasteiger partial charge in [0.1, 0.15) is 22.7 Å². The van der Waals surface area contributed by atoms with Crippen molar-refractivity contribution >= 4 is 34.3 Å². The molecule has 0 spiro atoms. The fourth-order valence-electron chi connectivity index (χ4n) is 7.23. The topological polar surface area (TPSA) is 107 Å². The van der Waals surface area contributed by atoms with E-state index in [-0.39, 0.29) is 11.6 Å². The Kier molecular flexibility index (Phi) is 9.63. The van der Waals surface area contributed by atoms with Gasteiger partial charge in [0.05, 0.1) is 36.3 Å². The predicted octanol–water partition coefficient (Wildman–Crippen LogP) is 10.8. The first kappa shape index (κ1) is 38.1. The fraction of sp³-hybridized carbons (Fsp3) is 0.364. The van der Waals surface area contributed by atoms with Gasteiger partial charge in [-0.3, -0.25) is 0 Å². The molecule has 282 valence electrons. The number of benzene rings is 4. The maximum atomic E-state index is 14.4. The molecule has 2 aromatic heterocycles. The van der Waals surface area contributed by atoms with E-state index < -0.39 is 23.4 Å². The Balaban J connectivity index is 1.78. The van der Waals surface area contributed by atoms with E-state index in [0.29, 0.717) is 22.1 Å². The minimum atomic E-state index is -0.834. The zero-order valence-corrected chi connectivity index (χ0v) is 33.9. The van der Waals surface area contributed by atoms with Crippen LogP contribution in [0.1, 0.15) is 74.9 Å². The van der Waals surface area contributed by atoms with E-state index in [1.807, 2.05) is 119 Å². The van der Waals surface area contributed by atoms with Gasteiger partial charge in [-0.1, -0.05) is 0 Å². The van der Waals surface area contributed by atoms with Crippen molar-refractivity contribution in [1.29, 1.82) is 0 Å². The van der Waals surface area contributed by atoms with E-state index in [2.05, 4.69) is 12.1 Å². The summed E-state index contributed by atoms with van der Waals surface area (Å²) in [7, 11) is 3.29. The number of aromatic nitrogens is 4. The Morgan fingerprint density at radius 3 is 1.11 bits per heavy atom. The van der Waals surface area contributed by atoms with E-state index in [0.717, 1.165) is 67.1 Å². The number of methoxy groups -OCH3 is 2. The lowest BCUT2D eigenvalue weighted by Crippen LogP contribution is -2.29. The molecule has 0 saturated carbocycles. The highest BCUT2D eigenvalue weighted by atomic mass is 16.6. The zero-order chi connectivity index (χ0) is 39.6.